The molecule has 5 heteroatoms. The Morgan fingerprint density at radius 2 is 2.23 bits per heavy atom. The van der Waals surface area contributed by atoms with Crippen LogP contribution in [0.3, 0.4) is 0 Å². The molecule has 1 heterocycles. The van der Waals surface area contributed by atoms with Crippen molar-refractivity contribution in [2.45, 2.75) is 0 Å². The average molecular weight is 193 g/mol. The summed E-state index contributed by atoms with van der Waals surface area (Å²) in [6.45, 7) is 0. The van der Waals surface area contributed by atoms with Gasteiger partial charge in [-0.25, -0.2) is 4.98 Å². The number of hydrogen-bond acceptors (Lipinski definition) is 4. The lowest BCUT2D eigenvalue weighted by Crippen LogP contribution is -2.12. The minimum absolute atomic E-state index is 0.0567. The van der Waals surface area contributed by atoms with Gasteiger partial charge in [0.25, 0.3) is 0 Å². The summed E-state index contributed by atoms with van der Waals surface area (Å²) in [6.07, 6.45) is 0. The summed E-state index contributed by atoms with van der Waals surface area (Å²) in [5.74, 6) is 0.0567. The maximum absolute atomic E-state index is 8.44. The molecule has 13 heavy (non-hydrogen) atoms. The molecule has 0 saturated carbocycles. The average Bonchev–Trinajstić information content (AvgIpc) is 2.59. The summed E-state index contributed by atoms with van der Waals surface area (Å²) in [5, 5.41) is 11.9. The van der Waals surface area contributed by atoms with Crippen molar-refractivity contribution in [2.24, 2.45) is 10.9 Å². The normalized spacial score (nSPS) is 12.2. The summed E-state index contributed by atoms with van der Waals surface area (Å²) >= 11 is 1.40. The number of oxime groups is 1. The lowest BCUT2D eigenvalue weighted by Gasteiger charge is -1.86. The van der Waals surface area contributed by atoms with Crippen LogP contribution in [0.5, 0.6) is 0 Å². The molecule has 0 amide bonds. The summed E-state index contributed by atoms with van der Waals surface area (Å²) in [7, 11) is 0. The van der Waals surface area contributed by atoms with Crippen LogP contribution in [0.1, 0.15) is 5.01 Å². The first-order valence-electron chi connectivity index (χ1n) is 3.65. The highest BCUT2D eigenvalue weighted by Crippen LogP contribution is 2.20. The maximum Gasteiger partial charge on any atom is 0.199 e. The minimum atomic E-state index is 0.0567. The van der Waals surface area contributed by atoms with Gasteiger partial charge in [-0.15, -0.1) is 11.3 Å². The molecular weight excluding hydrogens is 186 g/mol. The molecule has 2 aromatic rings. The third-order valence-corrected chi connectivity index (χ3v) is 2.68. The summed E-state index contributed by atoms with van der Waals surface area (Å²) < 4.78 is 1.03. The summed E-state index contributed by atoms with van der Waals surface area (Å²) in [6, 6.07) is 7.66. The Bertz CT molecular complexity index is 430. The van der Waals surface area contributed by atoms with E-state index in [4.69, 9.17) is 10.9 Å². The quantitative estimate of drug-likeness (QED) is 0.311. The van der Waals surface area contributed by atoms with Gasteiger partial charge in [-0.3, -0.25) is 0 Å². The third-order valence-electron chi connectivity index (χ3n) is 1.62. The van der Waals surface area contributed by atoms with Crippen molar-refractivity contribution in [3.63, 3.8) is 0 Å². The number of aromatic nitrogens is 1. The van der Waals surface area contributed by atoms with Gasteiger partial charge in [0.1, 0.15) is 0 Å². The molecule has 66 valence electrons. The molecule has 0 radical (unpaired) electrons. The molecule has 1 aromatic heterocycles. The number of nitrogens with two attached hydrogens (primary N) is 1. The Morgan fingerprint density at radius 3 is 2.92 bits per heavy atom. The molecule has 0 aliphatic carbocycles. The third kappa shape index (κ3) is 1.33. The fraction of sp³-hybridized carbons (Fsp3) is 0. The van der Waals surface area contributed by atoms with Crippen molar-refractivity contribution in [2.75, 3.05) is 0 Å². The van der Waals surface area contributed by atoms with E-state index in [1.807, 2.05) is 24.3 Å². The van der Waals surface area contributed by atoms with Crippen molar-refractivity contribution in [1.82, 2.24) is 4.98 Å². The van der Waals surface area contributed by atoms with E-state index in [1.54, 1.807) is 0 Å². The molecule has 0 aliphatic heterocycles. The van der Waals surface area contributed by atoms with Crippen LogP contribution in [-0.2, 0) is 0 Å². The predicted molar refractivity (Wildman–Crippen MR) is 52.1 cm³/mol. The number of amidine groups is 1. The van der Waals surface area contributed by atoms with Crippen LogP contribution < -0.4 is 5.73 Å². The van der Waals surface area contributed by atoms with Crippen LogP contribution in [-0.4, -0.2) is 16.0 Å². The van der Waals surface area contributed by atoms with Crippen LogP contribution in [0, 0.1) is 0 Å². The van der Waals surface area contributed by atoms with Crippen LogP contribution >= 0.6 is 11.3 Å². The van der Waals surface area contributed by atoms with E-state index < -0.39 is 0 Å². The van der Waals surface area contributed by atoms with Crippen LogP contribution in [0.15, 0.2) is 29.4 Å². The summed E-state index contributed by atoms with van der Waals surface area (Å²) in [5.41, 5.74) is 6.28. The Kier molecular flexibility index (Phi) is 1.86. The number of nitrogens with zero attached hydrogens (tertiary/aromatic N) is 2. The van der Waals surface area contributed by atoms with Gasteiger partial charge in [0, 0.05) is 0 Å². The van der Waals surface area contributed by atoms with E-state index in [2.05, 4.69) is 10.1 Å². The largest absolute Gasteiger partial charge is 0.409 e. The molecule has 0 bridgehead atoms. The number of thiazole rings is 1. The molecule has 0 spiro atoms. The molecule has 0 aliphatic rings. The molecular formula is C8H7N3OS. The Balaban J connectivity index is 2.62. The molecule has 0 atom stereocenters. The van der Waals surface area contributed by atoms with E-state index in [0.29, 0.717) is 5.01 Å². The van der Waals surface area contributed by atoms with Crippen LogP contribution in [0.25, 0.3) is 10.2 Å². The monoisotopic (exact) mass is 193 g/mol. The highest BCUT2D eigenvalue weighted by Gasteiger charge is 2.06. The molecule has 3 N–H and O–H groups in total. The van der Waals surface area contributed by atoms with Crippen molar-refractivity contribution in [3.05, 3.63) is 29.3 Å². The molecule has 0 fully saturated rings. The van der Waals surface area contributed by atoms with E-state index >= 15 is 0 Å². The van der Waals surface area contributed by atoms with Gasteiger partial charge in [-0.05, 0) is 12.1 Å². The molecule has 4 nitrogen and oxygen atoms in total. The Labute approximate surface area is 78.3 Å². The van der Waals surface area contributed by atoms with Gasteiger partial charge >= 0.3 is 0 Å². The van der Waals surface area contributed by atoms with E-state index in [-0.39, 0.29) is 5.84 Å². The lowest BCUT2D eigenvalue weighted by atomic mass is 10.3. The summed E-state index contributed by atoms with van der Waals surface area (Å²) in [4.78, 5) is 4.19. The van der Waals surface area contributed by atoms with Crippen LogP contribution in [0.2, 0.25) is 0 Å². The van der Waals surface area contributed by atoms with E-state index in [0.717, 1.165) is 10.2 Å². The first kappa shape index (κ1) is 8.00. The van der Waals surface area contributed by atoms with E-state index in [1.165, 1.54) is 11.3 Å². The molecule has 0 saturated heterocycles. The molecule has 1 aromatic carbocycles. The number of para-hydroxylation sites is 1. The molecule has 2 rings (SSSR count). The van der Waals surface area contributed by atoms with Gasteiger partial charge in [-0.1, -0.05) is 17.3 Å². The van der Waals surface area contributed by atoms with Gasteiger partial charge in [0.05, 0.1) is 10.2 Å². The van der Waals surface area contributed by atoms with E-state index in [9.17, 15) is 0 Å². The lowest BCUT2D eigenvalue weighted by molar-refractivity contribution is 0.318. The number of rotatable bonds is 1. The topological polar surface area (TPSA) is 71.5 Å². The number of benzene rings is 1. The number of fused-ring (bicyclic) bond motifs is 1. The standard InChI is InChI=1S/C8H7N3OS/c9-7(11-12)8-10-5-3-1-2-4-6(5)13-8/h1-4,12H,(H2,9,11). The fourth-order valence-electron chi connectivity index (χ4n) is 1.02. The van der Waals surface area contributed by atoms with Crippen molar-refractivity contribution in [1.29, 1.82) is 0 Å². The maximum atomic E-state index is 8.44. The first-order valence-corrected chi connectivity index (χ1v) is 4.46. The highest BCUT2D eigenvalue weighted by molar-refractivity contribution is 7.20. The zero-order valence-corrected chi connectivity index (χ0v) is 7.45. The Hall–Kier alpha value is -1.62. The minimum Gasteiger partial charge on any atom is -0.409 e. The van der Waals surface area contributed by atoms with Crippen LogP contribution in [0.4, 0.5) is 0 Å². The van der Waals surface area contributed by atoms with Gasteiger partial charge in [0.2, 0.25) is 0 Å². The fourth-order valence-corrected chi connectivity index (χ4v) is 1.89. The van der Waals surface area contributed by atoms with Crippen molar-refractivity contribution in [3.8, 4) is 0 Å². The second-order valence-corrected chi connectivity index (χ2v) is 3.50. The zero-order valence-electron chi connectivity index (χ0n) is 6.64. The Morgan fingerprint density at radius 1 is 1.46 bits per heavy atom. The highest BCUT2D eigenvalue weighted by atomic mass is 32.1. The van der Waals surface area contributed by atoms with Gasteiger partial charge in [-0.2, -0.15) is 0 Å². The number of hydrogen-bond donors (Lipinski definition) is 2. The second kappa shape index (κ2) is 3.02. The van der Waals surface area contributed by atoms with Crippen molar-refractivity contribution >= 4 is 27.4 Å². The van der Waals surface area contributed by atoms with Gasteiger partial charge in [0.15, 0.2) is 10.8 Å². The smallest absolute Gasteiger partial charge is 0.199 e. The van der Waals surface area contributed by atoms with Gasteiger partial charge < -0.3 is 10.9 Å². The molecule has 0 unspecified atom stereocenters. The first-order chi connectivity index (χ1) is 6.31. The van der Waals surface area contributed by atoms with Crippen molar-refractivity contribution < 1.29 is 5.21 Å². The second-order valence-electron chi connectivity index (χ2n) is 2.47. The zero-order chi connectivity index (χ0) is 9.26. The predicted octanol–water partition coefficient (Wildman–Crippen LogP) is 1.39. The SMILES string of the molecule is N/C(=N\O)c1nc2ccccc2s1.